The van der Waals surface area contributed by atoms with Gasteiger partial charge in [-0.1, -0.05) is 11.6 Å². The predicted octanol–water partition coefficient (Wildman–Crippen LogP) is 2.00. The fourth-order valence-corrected chi connectivity index (χ4v) is 2.55. The number of hydrogen-bond donors (Lipinski definition) is 1. The Bertz CT molecular complexity index is 579. The van der Waals surface area contributed by atoms with E-state index < -0.39 is 0 Å². The third-order valence-electron chi connectivity index (χ3n) is 3.47. The van der Waals surface area contributed by atoms with Gasteiger partial charge in [-0.05, 0) is 25.1 Å². The van der Waals surface area contributed by atoms with Crippen LogP contribution < -0.4 is 15.0 Å². The molecule has 2 amide bonds. The van der Waals surface area contributed by atoms with Crippen LogP contribution in [0, 0.1) is 0 Å². The van der Waals surface area contributed by atoms with Crippen LogP contribution in [0.2, 0.25) is 5.02 Å². The quantitative estimate of drug-likeness (QED) is 0.804. The molecule has 1 heterocycles. The first kappa shape index (κ1) is 17.6. The molecular formula is C16H21ClN2O4. The Morgan fingerprint density at radius 1 is 1.43 bits per heavy atom. The molecule has 1 aliphatic heterocycles. The fraction of sp³-hybridized carbons (Fsp3) is 0.500. The smallest absolute Gasteiger partial charge is 0.227 e. The summed E-state index contributed by atoms with van der Waals surface area (Å²) in [7, 11) is 1.57. The van der Waals surface area contributed by atoms with E-state index in [1.54, 1.807) is 30.2 Å². The third kappa shape index (κ3) is 4.84. The van der Waals surface area contributed by atoms with E-state index in [0.29, 0.717) is 36.2 Å². The topological polar surface area (TPSA) is 67.9 Å². The van der Waals surface area contributed by atoms with Crippen LogP contribution in [-0.4, -0.2) is 44.7 Å². The number of nitrogens with zero attached hydrogens (tertiary/aromatic N) is 1. The number of rotatable bonds is 6. The summed E-state index contributed by atoms with van der Waals surface area (Å²) in [6, 6.07) is 5.19. The van der Waals surface area contributed by atoms with Crippen LogP contribution in [0.5, 0.6) is 5.75 Å². The maximum atomic E-state index is 12.5. The van der Waals surface area contributed by atoms with Gasteiger partial charge in [0, 0.05) is 31.5 Å². The van der Waals surface area contributed by atoms with Crippen LogP contribution in [-0.2, 0) is 14.3 Å². The lowest BCUT2D eigenvalue weighted by molar-refractivity contribution is -0.125. The fourth-order valence-electron chi connectivity index (χ4n) is 2.38. The Labute approximate surface area is 140 Å². The number of methoxy groups -OCH3 is 1. The lowest BCUT2D eigenvalue weighted by Crippen LogP contribution is -2.42. The molecule has 2 rings (SSSR count). The second-order valence-electron chi connectivity index (χ2n) is 5.39. The van der Waals surface area contributed by atoms with E-state index in [-0.39, 0.29) is 30.8 Å². The Morgan fingerprint density at radius 3 is 2.96 bits per heavy atom. The van der Waals surface area contributed by atoms with Crippen molar-refractivity contribution in [2.24, 2.45) is 0 Å². The minimum atomic E-state index is -0.164. The first-order chi connectivity index (χ1) is 11.0. The lowest BCUT2D eigenvalue weighted by atomic mass is 10.1. The number of benzene rings is 1. The van der Waals surface area contributed by atoms with Gasteiger partial charge >= 0.3 is 0 Å². The zero-order chi connectivity index (χ0) is 16.8. The Balaban J connectivity index is 1.97. The summed E-state index contributed by atoms with van der Waals surface area (Å²) in [4.78, 5) is 25.8. The summed E-state index contributed by atoms with van der Waals surface area (Å²) >= 11 is 6.01. The van der Waals surface area contributed by atoms with Gasteiger partial charge in [-0.15, -0.1) is 0 Å². The largest absolute Gasteiger partial charge is 0.487 e. The average molecular weight is 341 g/mol. The number of hydrogen-bond acceptors (Lipinski definition) is 4. The van der Waals surface area contributed by atoms with Crippen molar-refractivity contribution in [3.8, 4) is 5.75 Å². The molecule has 0 unspecified atom stereocenters. The maximum Gasteiger partial charge on any atom is 0.227 e. The zero-order valence-electron chi connectivity index (χ0n) is 13.3. The standard InChI is InChI=1S/C16H21ClN2O4/c1-11-10-19(13-9-12(17)3-4-14(13)23-11)16(21)6-5-15(20)18-7-8-22-2/h3-4,9,11H,5-8,10H2,1-2H3,(H,18,20)/t11-/m0/s1. The SMILES string of the molecule is COCCNC(=O)CCC(=O)N1C[C@H](C)Oc2ccc(Cl)cc21. The summed E-state index contributed by atoms with van der Waals surface area (Å²) < 4.78 is 10.6. The molecule has 0 saturated heterocycles. The van der Waals surface area contributed by atoms with Crippen molar-refractivity contribution in [1.82, 2.24) is 5.32 Å². The van der Waals surface area contributed by atoms with Crippen molar-refractivity contribution in [2.45, 2.75) is 25.9 Å². The van der Waals surface area contributed by atoms with Gasteiger partial charge in [0.05, 0.1) is 18.8 Å². The normalized spacial score (nSPS) is 16.5. The summed E-state index contributed by atoms with van der Waals surface area (Å²) in [5, 5.41) is 3.24. The summed E-state index contributed by atoms with van der Waals surface area (Å²) in [6.45, 7) is 3.23. The van der Waals surface area contributed by atoms with Crippen molar-refractivity contribution >= 4 is 29.1 Å². The van der Waals surface area contributed by atoms with Crippen LogP contribution in [0.4, 0.5) is 5.69 Å². The molecule has 1 N–H and O–H groups in total. The summed E-state index contributed by atoms with van der Waals surface area (Å²) in [5.74, 6) is 0.347. The molecule has 23 heavy (non-hydrogen) atoms. The van der Waals surface area contributed by atoms with Crippen molar-refractivity contribution in [2.75, 3.05) is 31.7 Å². The first-order valence-electron chi connectivity index (χ1n) is 7.53. The van der Waals surface area contributed by atoms with Gasteiger partial charge in [-0.25, -0.2) is 0 Å². The van der Waals surface area contributed by atoms with E-state index in [2.05, 4.69) is 5.32 Å². The molecule has 0 saturated carbocycles. The van der Waals surface area contributed by atoms with Crippen LogP contribution in [0.25, 0.3) is 0 Å². The second-order valence-corrected chi connectivity index (χ2v) is 5.82. The van der Waals surface area contributed by atoms with Crippen molar-refractivity contribution in [1.29, 1.82) is 0 Å². The Morgan fingerprint density at radius 2 is 2.22 bits per heavy atom. The molecule has 0 bridgehead atoms. The molecule has 1 atom stereocenters. The van der Waals surface area contributed by atoms with E-state index in [4.69, 9.17) is 21.1 Å². The summed E-state index contributed by atoms with van der Waals surface area (Å²) in [6.07, 6.45) is 0.171. The number of halogens is 1. The lowest BCUT2D eigenvalue weighted by Gasteiger charge is -2.33. The minimum Gasteiger partial charge on any atom is -0.487 e. The third-order valence-corrected chi connectivity index (χ3v) is 3.71. The van der Waals surface area contributed by atoms with Crippen LogP contribution in [0.1, 0.15) is 19.8 Å². The van der Waals surface area contributed by atoms with E-state index in [1.165, 1.54) is 0 Å². The van der Waals surface area contributed by atoms with E-state index in [9.17, 15) is 9.59 Å². The first-order valence-corrected chi connectivity index (χ1v) is 7.91. The molecule has 0 spiro atoms. The number of anilines is 1. The molecule has 126 valence electrons. The van der Waals surface area contributed by atoms with E-state index in [1.807, 2.05) is 6.92 Å². The molecule has 1 aromatic carbocycles. The number of carbonyl (C=O) groups excluding carboxylic acids is 2. The molecule has 6 nitrogen and oxygen atoms in total. The van der Waals surface area contributed by atoms with Gasteiger partial charge in [-0.3, -0.25) is 9.59 Å². The number of nitrogens with one attached hydrogen (secondary N) is 1. The van der Waals surface area contributed by atoms with Crippen LogP contribution in [0.3, 0.4) is 0 Å². The highest BCUT2D eigenvalue weighted by Crippen LogP contribution is 2.36. The van der Waals surface area contributed by atoms with Gasteiger partial charge in [0.25, 0.3) is 0 Å². The molecular weight excluding hydrogens is 320 g/mol. The number of amides is 2. The maximum absolute atomic E-state index is 12.5. The zero-order valence-corrected chi connectivity index (χ0v) is 14.1. The molecule has 1 aliphatic rings. The van der Waals surface area contributed by atoms with Gasteiger partial charge in [0.15, 0.2) is 0 Å². The Kier molecular flexibility index (Phi) is 6.24. The van der Waals surface area contributed by atoms with Gasteiger partial charge in [-0.2, -0.15) is 0 Å². The molecule has 0 radical (unpaired) electrons. The monoisotopic (exact) mass is 340 g/mol. The highest BCUT2D eigenvalue weighted by molar-refractivity contribution is 6.31. The highest BCUT2D eigenvalue weighted by atomic mass is 35.5. The molecule has 1 aromatic rings. The van der Waals surface area contributed by atoms with E-state index >= 15 is 0 Å². The molecule has 0 aliphatic carbocycles. The van der Waals surface area contributed by atoms with Crippen LogP contribution in [0.15, 0.2) is 18.2 Å². The molecule has 7 heteroatoms. The molecule has 0 aromatic heterocycles. The highest BCUT2D eigenvalue weighted by Gasteiger charge is 2.27. The second kappa shape index (κ2) is 8.17. The Hall–Kier alpha value is -1.79. The van der Waals surface area contributed by atoms with Gasteiger partial charge in [0.2, 0.25) is 11.8 Å². The van der Waals surface area contributed by atoms with Crippen molar-refractivity contribution in [3.05, 3.63) is 23.2 Å². The van der Waals surface area contributed by atoms with Crippen LogP contribution >= 0.6 is 11.6 Å². The average Bonchev–Trinajstić information content (AvgIpc) is 2.52. The number of ether oxygens (including phenoxy) is 2. The van der Waals surface area contributed by atoms with Gasteiger partial charge < -0.3 is 19.7 Å². The predicted molar refractivity (Wildman–Crippen MR) is 88.0 cm³/mol. The molecule has 0 fully saturated rings. The van der Waals surface area contributed by atoms with Crippen molar-refractivity contribution in [3.63, 3.8) is 0 Å². The van der Waals surface area contributed by atoms with Crippen molar-refractivity contribution < 1.29 is 19.1 Å². The van der Waals surface area contributed by atoms with E-state index in [0.717, 1.165) is 0 Å². The number of carbonyl (C=O) groups is 2. The number of fused-ring (bicyclic) bond motifs is 1. The summed E-state index contributed by atoms with van der Waals surface area (Å²) in [5.41, 5.74) is 0.653. The minimum absolute atomic E-state index is 0.108. The van der Waals surface area contributed by atoms with Gasteiger partial charge in [0.1, 0.15) is 11.9 Å².